The molecule has 0 aliphatic rings. The van der Waals surface area contributed by atoms with Crippen molar-refractivity contribution in [2.75, 3.05) is 11.0 Å². The standard InChI is InChI=1S/C17H15ClN2O3S/c1-20-14-9-8-12(18)10-13(14)15(11-6-4-3-5-7-11)16(17(20)21)19-24(2,22)23/h3-10,19H,1-2H3. The number of halogens is 1. The number of aromatic nitrogens is 1. The van der Waals surface area contributed by atoms with E-state index in [2.05, 4.69) is 4.72 Å². The molecular weight excluding hydrogens is 348 g/mol. The molecule has 1 aromatic heterocycles. The van der Waals surface area contributed by atoms with Gasteiger partial charge in [0.1, 0.15) is 5.69 Å². The van der Waals surface area contributed by atoms with Crippen molar-refractivity contribution in [1.82, 2.24) is 4.57 Å². The highest BCUT2D eigenvalue weighted by Gasteiger charge is 2.19. The van der Waals surface area contributed by atoms with E-state index in [0.717, 1.165) is 11.8 Å². The zero-order chi connectivity index (χ0) is 17.5. The molecule has 1 heterocycles. The van der Waals surface area contributed by atoms with E-state index in [0.29, 0.717) is 21.5 Å². The lowest BCUT2D eigenvalue weighted by Gasteiger charge is -2.16. The fourth-order valence-electron chi connectivity index (χ4n) is 2.70. The van der Waals surface area contributed by atoms with Gasteiger partial charge in [0.25, 0.3) is 5.56 Å². The van der Waals surface area contributed by atoms with Crippen LogP contribution in [0.5, 0.6) is 0 Å². The minimum atomic E-state index is -3.62. The molecular formula is C17H15ClN2O3S. The zero-order valence-corrected chi connectivity index (χ0v) is 14.6. The van der Waals surface area contributed by atoms with Crippen LogP contribution in [0.4, 0.5) is 5.69 Å². The van der Waals surface area contributed by atoms with Crippen molar-refractivity contribution in [3.8, 4) is 11.1 Å². The van der Waals surface area contributed by atoms with Crippen LogP contribution < -0.4 is 10.3 Å². The van der Waals surface area contributed by atoms with Crippen molar-refractivity contribution >= 4 is 38.2 Å². The van der Waals surface area contributed by atoms with Gasteiger partial charge in [-0.3, -0.25) is 9.52 Å². The van der Waals surface area contributed by atoms with Crippen LogP contribution in [0.1, 0.15) is 0 Å². The molecule has 24 heavy (non-hydrogen) atoms. The number of sulfonamides is 1. The molecule has 3 aromatic rings. The zero-order valence-electron chi connectivity index (χ0n) is 13.1. The molecule has 0 amide bonds. The van der Waals surface area contributed by atoms with E-state index in [1.807, 2.05) is 30.3 Å². The first-order valence-electron chi connectivity index (χ1n) is 7.13. The van der Waals surface area contributed by atoms with E-state index in [4.69, 9.17) is 11.6 Å². The maximum Gasteiger partial charge on any atom is 0.275 e. The Hall–Kier alpha value is -2.31. The minimum absolute atomic E-state index is 0.0148. The Kier molecular flexibility index (Phi) is 4.11. The number of nitrogens with zero attached hydrogens (tertiary/aromatic N) is 1. The third-order valence-electron chi connectivity index (χ3n) is 3.71. The fraction of sp³-hybridized carbons (Fsp3) is 0.118. The van der Waals surface area contributed by atoms with E-state index in [1.54, 1.807) is 25.2 Å². The van der Waals surface area contributed by atoms with Crippen LogP contribution in [0.25, 0.3) is 22.0 Å². The second kappa shape index (κ2) is 5.96. The Labute approximate surface area is 144 Å². The molecule has 0 spiro atoms. The molecule has 2 aromatic carbocycles. The Morgan fingerprint density at radius 1 is 1.08 bits per heavy atom. The molecule has 3 rings (SSSR count). The second-order valence-electron chi connectivity index (χ2n) is 5.52. The molecule has 124 valence electrons. The molecule has 0 atom stereocenters. The Balaban J connectivity index is 2.52. The number of rotatable bonds is 3. The number of aryl methyl sites for hydroxylation is 1. The van der Waals surface area contributed by atoms with E-state index >= 15 is 0 Å². The summed E-state index contributed by atoms with van der Waals surface area (Å²) in [6, 6.07) is 14.3. The number of benzene rings is 2. The lowest BCUT2D eigenvalue weighted by molar-refractivity contribution is 0.606. The lowest BCUT2D eigenvalue weighted by atomic mass is 9.99. The summed E-state index contributed by atoms with van der Waals surface area (Å²) in [6.07, 6.45) is 1.02. The average molecular weight is 363 g/mol. The van der Waals surface area contributed by atoms with Crippen LogP contribution in [0.3, 0.4) is 0 Å². The molecule has 0 radical (unpaired) electrons. The largest absolute Gasteiger partial charge is 0.310 e. The number of pyridine rings is 1. The summed E-state index contributed by atoms with van der Waals surface area (Å²) in [4.78, 5) is 12.7. The van der Waals surface area contributed by atoms with Crippen LogP contribution in [0.15, 0.2) is 53.3 Å². The average Bonchev–Trinajstić information content (AvgIpc) is 2.52. The van der Waals surface area contributed by atoms with Crippen molar-refractivity contribution < 1.29 is 8.42 Å². The summed E-state index contributed by atoms with van der Waals surface area (Å²) in [7, 11) is -2.02. The maximum atomic E-state index is 12.7. The van der Waals surface area contributed by atoms with Crippen molar-refractivity contribution in [3.05, 3.63) is 63.9 Å². The summed E-state index contributed by atoms with van der Waals surface area (Å²) in [5.74, 6) is 0. The Morgan fingerprint density at radius 2 is 1.75 bits per heavy atom. The molecule has 5 nitrogen and oxygen atoms in total. The van der Waals surface area contributed by atoms with Crippen LogP contribution >= 0.6 is 11.6 Å². The normalized spacial score (nSPS) is 11.6. The molecule has 7 heteroatoms. The van der Waals surface area contributed by atoms with Crippen LogP contribution in [0, 0.1) is 0 Å². The van der Waals surface area contributed by atoms with Gasteiger partial charge in [0, 0.05) is 23.0 Å². The molecule has 1 N–H and O–H groups in total. The molecule has 0 saturated carbocycles. The fourth-order valence-corrected chi connectivity index (χ4v) is 3.44. The van der Waals surface area contributed by atoms with Crippen LogP contribution in [0.2, 0.25) is 5.02 Å². The first-order chi connectivity index (χ1) is 11.3. The molecule has 0 unspecified atom stereocenters. The van der Waals surface area contributed by atoms with Gasteiger partial charge in [-0.05, 0) is 23.8 Å². The van der Waals surface area contributed by atoms with Gasteiger partial charge in [0.2, 0.25) is 10.0 Å². The number of hydrogen-bond donors (Lipinski definition) is 1. The summed E-state index contributed by atoms with van der Waals surface area (Å²) in [6.45, 7) is 0. The predicted octanol–water partition coefficient (Wildman–Crippen LogP) is 3.23. The maximum absolute atomic E-state index is 12.7. The van der Waals surface area contributed by atoms with Gasteiger partial charge in [-0.2, -0.15) is 0 Å². The second-order valence-corrected chi connectivity index (χ2v) is 7.70. The number of nitrogens with one attached hydrogen (secondary N) is 1. The van der Waals surface area contributed by atoms with Gasteiger partial charge in [0.05, 0.1) is 11.8 Å². The van der Waals surface area contributed by atoms with Crippen molar-refractivity contribution in [2.45, 2.75) is 0 Å². The van der Waals surface area contributed by atoms with E-state index in [9.17, 15) is 13.2 Å². The van der Waals surface area contributed by atoms with Crippen molar-refractivity contribution in [2.24, 2.45) is 7.05 Å². The topological polar surface area (TPSA) is 68.2 Å². The van der Waals surface area contributed by atoms with Crippen molar-refractivity contribution in [3.63, 3.8) is 0 Å². The monoisotopic (exact) mass is 362 g/mol. The molecule has 0 bridgehead atoms. The third-order valence-corrected chi connectivity index (χ3v) is 4.52. The summed E-state index contributed by atoms with van der Waals surface area (Å²) >= 11 is 6.13. The van der Waals surface area contributed by atoms with E-state index in [-0.39, 0.29) is 5.69 Å². The molecule has 0 saturated heterocycles. The predicted molar refractivity (Wildman–Crippen MR) is 98.1 cm³/mol. The molecule has 0 fully saturated rings. The highest BCUT2D eigenvalue weighted by atomic mass is 35.5. The van der Waals surface area contributed by atoms with Gasteiger partial charge in [-0.1, -0.05) is 41.9 Å². The van der Waals surface area contributed by atoms with Gasteiger partial charge in [-0.25, -0.2) is 8.42 Å². The number of anilines is 1. The quantitative estimate of drug-likeness (QED) is 0.777. The smallest absolute Gasteiger partial charge is 0.275 e. The summed E-state index contributed by atoms with van der Waals surface area (Å²) in [5, 5.41) is 1.20. The first-order valence-corrected chi connectivity index (χ1v) is 9.40. The highest BCUT2D eigenvalue weighted by molar-refractivity contribution is 7.92. The van der Waals surface area contributed by atoms with Crippen LogP contribution in [-0.4, -0.2) is 19.2 Å². The summed E-state index contributed by atoms with van der Waals surface area (Å²) in [5.41, 5.74) is 1.51. The van der Waals surface area contributed by atoms with Crippen LogP contribution in [-0.2, 0) is 17.1 Å². The first kappa shape index (κ1) is 16.5. The lowest BCUT2D eigenvalue weighted by Crippen LogP contribution is -2.25. The van der Waals surface area contributed by atoms with E-state index in [1.165, 1.54) is 4.57 Å². The highest BCUT2D eigenvalue weighted by Crippen LogP contribution is 2.34. The Bertz CT molecular complexity index is 1090. The minimum Gasteiger partial charge on any atom is -0.310 e. The number of fused-ring (bicyclic) bond motifs is 1. The van der Waals surface area contributed by atoms with Gasteiger partial charge >= 0.3 is 0 Å². The number of hydrogen-bond acceptors (Lipinski definition) is 3. The van der Waals surface area contributed by atoms with Crippen molar-refractivity contribution in [1.29, 1.82) is 0 Å². The summed E-state index contributed by atoms with van der Waals surface area (Å²) < 4.78 is 27.3. The van der Waals surface area contributed by atoms with Gasteiger partial charge in [-0.15, -0.1) is 0 Å². The third kappa shape index (κ3) is 3.02. The van der Waals surface area contributed by atoms with E-state index < -0.39 is 15.6 Å². The Morgan fingerprint density at radius 3 is 2.38 bits per heavy atom. The molecule has 0 aliphatic heterocycles. The molecule has 0 aliphatic carbocycles. The SMILES string of the molecule is Cn1c(=O)c(NS(C)(=O)=O)c(-c2ccccc2)c2cc(Cl)ccc21. The van der Waals surface area contributed by atoms with Gasteiger partial charge in [0.15, 0.2) is 0 Å². The van der Waals surface area contributed by atoms with Gasteiger partial charge < -0.3 is 4.57 Å².